The largest absolute Gasteiger partial charge is 0.344 e. The first-order valence-electron chi connectivity index (χ1n) is 10.9. The average molecular weight is 471 g/mol. The van der Waals surface area contributed by atoms with Crippen molar-refractivity contribution in [1.29, 1.82) is 0 Å². The van der Waals surface area contributed by atoms with E-state index in [1.165, 1.54) is 28.6 Å². The van der Waals surface area contributed by atoms with Gasteiger partial charge in [-0.3, -0.25) is 15.0 Å². The van der Waals surface area contributed by atoms with E-state index in [1.54, 1.807) is 37.3 Å². The van der Waals surface area contributed by atoms with Crippen molar-refractivity contribution in [2.75, 3.05) is 13.1 Å². The summed E-state index contributed by atoms with van der Waals surface area (Å²) in [6.45, 7) is 2.45. The lowest BCUT2D eigenvalue weighted by molar-refractivity contribution is -0.132. The molecule has 33 heavy (non-hydrogen) atoms. The van der Waals surface area contributed by atoms with Gasteiger partial charge in [-0.1, -0.05) is 49.2 Å². The Morgan fingerprint density at radius 3 is 2.30 bits per heavy atom. The van der Waals surface area contributed by atoms with E-state index in [0.717, 1.165) is 25.7 Å². The monoisotopic (exact) mass is 470 g/mol. The highest BCUT2D eigenvalue weighted by Crippen LogP contribution is 2.28. The number of carbonyl (C=O) groups is 3. The summed E-state index contributed by atoms with van der Waals surface area (Å²) in [7, 11) is -3.75. The number of hydrazine groups is 1. The Morgan fingerprint density at radius 2 is 1.64 bits per heavy atom. The molecular formula is C23H26N4O5S. The third-order valence-electron chi connectivity index (χ3n) is 6.05. The summed E-state index contributed by atoms with van der Waals surface area (Å²) in [5.41, 5.74) is 1.58. The number of amides is 4. The molecule has 2 saturated heterocycles. The van der Waals surface area contributed by atoms with Gasteiger partial charge in [-0.2, -0.15) is 9.31 Å². The maximum absolute atomic E-state index is 13.1. The molecule has 0 aliphatic carbocycles. The number of nitrogens with one attached hydrogen (secondary N) is 2. The zero-order valence-electron chi connectivity index (χ0n) is 18.3. The van der Waals surface area contributed by atoms with Crippen LogP contribution in [0.3, 0.4) is 0 Å². The quantitative estimate of drug-likeness (QED) is 0.651. The van der Waals surface area contributed by atoms with Gasteiger partial charge in [0, 0.05) is 18.7 Å². The van der Waals surface area contributed by atoms with Crippen molar-refractivity contribution < 1.29 is 22.8 Å². The van der Waals surface area contributed by atoms with Gasteiger partial charge in [-0.05, 0) is 43.5 Å². The molecule has 2 fully saturated rings. The summed E-state index contributed by atoms with van der Waals surface area (Å²) in [6.07, 6.45) is 3.57. The Morgan fingerprint density at radius 1 is 0.970 bits per heavy atom. The number of carbonyl (C=O) groups excluding carboxylic acids is 3. The van der Waals surface area contributed by atoms with E-state index < -0.39 is 33.4 Å². The predicted molar refractivity (Wildman–Crippen MR) is 120 cm³/mol. The topological polar surface area (TPSA) is 116 Å². The second-order valence-corrected chi connectivity index (χ2v) is 10.3. The second kappa shape index (κ2) is 8.95. The molecule has 0 radical (unpaired) electrons. The number of hydrogen-bond donors (Lipinski definition) is 2. The van der Waals surface area contributed by atoms with Crippen LogP contribution in [0.2, 0.25) is 0 Å². The maximum atomic E-state index is 13.1. The summed E-state index contributed by atoms with van der Waals surface area (Å²) in [4.78, 5) is 38.3. The lowest BCUT2D eigenvalue weighted by atomic mass is 9.92. The van der Waals surface area contributed by atoms with E-state index in [1.807, 2.05) is 0 Å². The first kappa shape index (κ1) is 22.9. The smallest absolute Gasteiger partial charge is 0.318 e. The molecule has 4 rings (SSSR count). The van der Waals surface area contributed by atoms with Crippen LogP contribution in [0.5, 0.6) is 0 Å². The van der Waals surface area contributed by atoms with Crippen LogP contribution in [0.15, 0.2) is 59.5 Å². The van der Waals surface area contributed by atoms with E-state index in [9.17, 15) is 22.8 Å². The van der Waals surface area contributed by atoms with E-state index >= 15 is 0 Å². The lowest BCUT2D eigenvalue weighted by Crippen LogP contribution is -2.48. The molecule has 2 N–H and O–H groups in total. The lowest BCUT2D eigenvalue weighted by Gasteiger charge is -2.22. The number of hydrogen-bond acceptors (Lipinski definition) is 5. The van der Waals surface area contributed by atoms with Gasteiger partial charge < -0.3 is 5.32 Å². The first-order valence-corrected chi connectivity index (χ1v) is 12.3. The summed E-state index contributed by atoms with van der Waals surface area (Å²) < 4.78 is 27.6. The molecule has 2 aromatic rings. The molecule has 0 saturated carbocycles. The highest BCUT2D eigenvalue weighted by Gasteiger charge is 2.50. The van der Waals surface area contributed by atoms with Crippen molar-refractivity contribution in [3.8, 4) is 0 Å². The zero-order valence-corrected chi connectivity index (χ0v) is 19.1. The minimum absolute atomic E-state index is 0.00312. The highest BCUT2D eigenvalue weighted by molar-refractivity contribution is 7.89. The van der Waals surface area contributed by atoms with Crippen molar-refractivity contribution in [3.05, 3.63) is 65.7 Å². The van der Waals surface area contributed by atoms with E-state index in [2.05, 4.69) is 10.7 Å². The summed E-state index contributed by atoms with van der Waals surface area (Å²) >= 11 is 0. The molecule has 0 aromatic heterocycles. The highest BCUT2D eigenvalue weighted by atomic mass is 32.2. The normalized spacial score (nSPS) is 22.0. The Kier molecular flexibility index (Phi) is 6.22. The van der Waals surface area contributed by atoms with Crippen molar-refractivity contribution in [2.45, 2.75) is 43.0 Å². The van der Waals surface area contributed by atoms with Crippen LogP contribution in [-0.4, -0.2) is 48.7 Å². The molecule has 0 bridgehead atoms. The van der Waals surface area contributed by atoms with Gasteiger partial charge in [0.1, 0.15) is 5.54 Å². The predicted octanol–water partition coefficient (Wildman–Crippen LogP) is 2.36. The van der Waals surface area contributed by atoms with Crippen LogP contribution in [0.1, 0.15) is 48.5 Å². The van der Waals surface area contributed by atoms with Crippen LogP contribution >= 0.6 is 0 Å². The molecule has 10 heteroatoms. The van der Waals surface area contributed by atoms with Crippen molar-refractivity contribution in [2.24, 2.45) is 0 Å². The third-order valence-corrected chi connectivity index (χ3v) is 7.95. The molecule has 0 spiro atoms. The minimum atomic E-state index is -3.75. The summed E-state index contributed by atoms with van der Waals surface area (Å²) in [6, 6.07) is 13.6. The molecule has 2 aliphatic rings. The van der Waals surface area contributed by atoms with Crippen LogP contribution < -0.4 is 10.7 Å². The minimum Gasteiger partial charge on any atom is -0.318 e. The molecule has 4 amide bonds. The fraction of sp³-hybridized carbons (Fsp3) is 0.348. The molecule has 1 atom stereocenters. The van der Waals surface area contributed by atoms with E-state index in [4.69, 9.17) is 0 Å². The van der Waals surface area contributed by atoms with Gasteiger partial charge in [0.05, 0.1) is 4.90 Å². The Bertz CT molecular complexity index is 1180. The van der Waals surface area contributed by atoms with Gasteiger partial charge in [0.15, 0.2) is 0 Å². The third kappa shape index (κ3) is 4.36. The SMILES string of the molecule is C[C@]1(c2ccccc2)NC(=O)N(NC(=O)c2cccc(S(=O)(=O)N3CCCCCC3)c2)C1=O. The summed E-state index contributed by atoms with van der Waals surface area (Å²) in [5, 5.41) is 3.24. The van der Waals surface area contributed by atoms with Crippen molar-refractivity contribution in [1.82, 2.24) is 20.1 Å². The van der Waals surface area contributed by atoms with Gasteiger partial charge >= 0.3 is 6.03 Å². The Labute approximate surface area is 192 Å². The van der Waals surface area contributed by atoms with Crippen LogP contribution in [0.25, 0.3) is 0 Å². The Hall–Kier alpha value is -3.24. The fourth-order valence-electron chi connectivity index (χ4n) is 4.10. The van der Waals surface area contributed by atoms with Crippen LogP contribution in [0.4, 0.5) is 4.79 Å². The molecule has 9 nitrogen and oxygen atoms in total. The number of nitrogens with zero attached hydrogens (tertiary/aromatic N) is 2. The van der Waals surface area contributed by atoms with E-state index in [0.29, 0.717) is 23.7 Å². The zero-order chi connectivity index (χ0) is 23.6. The van der Waals surface area contributed by atoms with Gasteiger partial charge in [0.2, 0.25) is 10.0 Å². The second-order valence-electron chi connectivity index (χ2n) is 8.35. The van der Waals surface area contributed by atoms with Gasteiger partial charge in [0.25, 0.3) is 11.8 Å². The number of benzene rings is 2. The molecule has 2 aromatic carbocycles. The average Bonchev–Trinajstić information content (AvgIpc) is 3.02. The summed E-state index contributed by atoms with van der Waals surface area (Å²) in [5.74, 6) is -1.40. The number of sulfonamides is 1. The van der Waals surface area contributed by atoms with Gasteiger partial charge in [-0.15, -0.1) is 0 Å². The molecule has 2 aliphatic heterocycles. The van der Waals surface area contributed by atoms with Crippen molar-refractivity contribution >= 4 is 27.9 Å². The molecule has 2 heterocycles. The number of rotatable bonds is 5. The Balaban J connectivity index is 1.54. The van der Waals surface area contributed by atoms with Gasteiger partial charge in [-0.25, -0.2) is 13.2 Å². The molecule has 0 unspecified atom stereocenters. The standard InChI is InChI=1S/C23H26N4O5S/c1-23(18-11-5-4-6-12-18)21(29)27(22(30)24-23)25-20(28)17-10-9-13-19(16-17)33(31,32)26-14-7-2-3-8-15-26/h4-6,9-13,16H,2-3,7-8,14-15H2,1H3,(H,24,30)(H,25,28)/t23-/m1/s1. The van der Waals surface area contributed by atoms with E-state index in [-0.39, 0.29) is 10.5 Å². The molecular weight excluding hydrogens is 444 g/mol. The van der Waals surface area contributed by atoms with Crippen LogP contribution in [-0.2, 0) is 20.4 Å². The fourth-order valence-corrected chi connectivity index (χ4v) is 5.67. The number of urea groups is 1. The number of imide groups is 1. The molecule has 174 valence electrons. The maximum Gasteiger partial charge on any atom is 0.344 e. The van der Waals surface area contributed by atoms with Crippen LogP contribution in [0, 0.1) is 0 Å². The first-order chi connectivity index (χ1) is 15.7. The van der Waals surface area contributed by atoms with Crippen molar-refractivity contribution in [3.63, 3.8) is 0 Å².